The lowest BCUT2D eigenvalue weighted by atomic mass is 9.86. The molecule has 0 aromatic heterocycles. The molecule has 1 aliphatic carbocycles. The van der Waals surface area contributed by atoms with E-state index in [2.05, 4.69) is 23.1 Å². The van der Waals surface area contributed by atoms with E-state index in [-0.39, 0.29) is 11.3 Å². The maximum Gasteiger partial charge on any atom is 0.270 e. The zero-order valence-electron chi connectivity index (χ0n) is 12.9. The number of hydrogen-bond donors (Lipinski definition) is 3. The largest absolute Gasteiger partial charge is 0.358 e. The van der Waals surface area contributed by atoms with E-state index < -0.39 is 10.8 Å². The third kappa shape index (κ3) is 4.88. The highest BCUT2D eigenvalue weighted by Gasteiger charge is 2.21. The maximum absolute atomic E-state index is 12.0. The molecule has 0 spiro atoms. The van der Waals surface area contributed by atoms with E-state index in [1.807, 2.05) is 0 Å². The molecule has 0 unspecified atom stereocenters. The van der Waals surface area contributed by atoms with E-state index in [1.165, 1.54) is 43.5 Å². The van der Waals surface area contributed by atoms with E-state index >= 15 is 0 Å². The molecule has 8 heteroatoms. The van der Waals surface area contributed by atoms with E-state index in [0.717, 1.165) is 6.42 Å². The van der Waals surface area contributed by atoms with E-state index in [4.69, 9.17) is 12.2 Å². The van der Waals surface area contributed by atoms with Crippen LogP contribution in [0.25, 0.3) is 0 Å². The summed E-state index contributed by atoms with van der Waals surface area (Å²) >= 11 is 5.18. The molecular formula is C15H20N4O3S. The van der Waals surface area contributed by atoms with E-state index in [0.29, 0.717) is 17.1 Å². The Morgan fingerprint density at radius 2 is 2.04 bits per heavy atom. The normalized spacial score (nSPS) is 20.4. The molecule has 23 heavy (non-hydrogen) atoms. The van der Waals surface area contributed by atoms with Crippen LogP contribution in [0.3, 0.4) is 0 Å². The van der Waals surface area contributed by atoms with Gasteiger partial charge in [0, 0.05) is 23.7 Å². The van der Waals surface area contributed by atoms with Gasteiger partial charge < -0.3 is 5.32 Å². The Hall–Kier alpha value is -2.22. The number of carbonyl (C=O) groups excluding carboxylic acids is 1. The van der Waals surface area contributed by atoms with Gasteiger partial charge in [0.05, 0.1) is 4.92 Å². The molecule has 1 aromatic carbocycles. The zero-order chi connectivity index (χ0) is 16.8. The zero-order valence-corrected chi connectivity index (χ0v) is 13.7. The van der Waals surface area contributed by atoms with Gasteiger partial charge in [-0.1, -0.05) is 25.8 Å². The number of rotatable bonds is 3. The van der Waals surface area contributed by atoms with Crippen LogP contribution in [0.4, 0.5) is 5.69 Å². The number of hydrogen-bond acceptors (Lipinski definition) is 4. The number of carbonyl (C=O) groups is 1. The standard InChI is InChI=1S/C15H20N4O3S/c1-10-5-2-3-8-13(10)16-15(23)18-17-14(20)11-6-4-7-12(9-11)19(21)22/h4,6-7,9-10,13H,2-3,5,8H2,1H3,(H,17,20)(H2,16,18,23)/t10-,13+/m0/s1. The van der Waals surface area contributed by atoms with Crippen molar-refractivity contribution >= 4 is 28.9 Å². The van der Waals surface area contributed by atoms with Crippen molar-refractivity contribution in [2.45, 2.75) is 38.6 Å². The summed E-state index contributed by atoms with van der Waals surface area (Å²) in [7, 11) is 0. The van der Waals surface area contributed by atoms with E-state index in [9.17, 15) is 14.9 Å². The van der Waals surface area contributed by atoms with Gasteiger partial charge in [-0.2, -0.15) is 0 Å². The average molecular weight is 336 g/mol. The molecule has 7 nitrogen and oxygen atoms in total. The first kappa shape index (κ1) is 17.1. The fourth-order valence-electron chi connectivity index (χ4n) is 2.68. The fourth-order valence-corrected chi connectivity index (χ4v) is 2.88. The lowest BCUT2D eigenvalue weighted by Gasteiger charge is -2.30. The van der Waals surface area contributed by atoms with E-state index in [1.54, 1.807) is 0 Å². The van der Waals surface area contributed by atoms with Gasteiger partial charge in [0.1, 0.15) is 0 Å². The minimum absolute atomic E-state index is 0.130. The molecular weight excluding hydrogens is 316 g/mol. The molecule has 1 aromatic rings. The molecule has 0 aliphatic heterocycles. The van der Waals surface area contributed by atoms with Gasteiger partial charge in [-0.15, -0.1) is 0 Å². The van der Waals surface area contributed by atoms with Crippen molar-refractivity contribution in [3.8, 4) is 0 Å². The van der Waals surface area contributed by atoms with Crippen molar-refractivity contribution in [1.29, 1.82) is 0 Å². The monoisotopic (exact) mass is 336 g/mol. The summed E-state index contributed by atoms with van der Waals surface area (Å²) in [6, 6.07) is 5.83. The Balaban J connectivity index is 1.85. The topological polar surface area (TPSA) is 96.3 Å². The Morgan fingerprint density at radius 3 is 2.74 bits per heavy atom. The SMILES string of the molecule is C[C@H]1CCCC[C@H]1NC(=S)NNC(=O)c1cccc([N+](=O)[O-])c1. The maximum atomic E-state index is 12.0. The molecule has 0 bridgehead atoms. The van der Waals surface area contributed by atoms with Crippen LogP contribution in [0.5, 0.6) is 0 Å². The van der Waals surface area contributed by atoms with Crippen LogP contribution in [0.1, 0.15) is 43.0 Å². The van der Waals surface area contributed by atoms with Crippen LogP contribution in [-0.4, -0.2) is 22.0 Å². The molecule has 2 atom stereocenters. The summed E-state index contributed by atoms with van der Waals surface area (Å²) in [5.41, 5.74) is 5.17. The highest BCUT2D eigenvalue weighted by atomic mass is 32.1. The summed E-state index contributed by atoms with van der Waals surface area (Å²) < 4.78 is 0. The minimum Gasteiger partial charge on any atom is -0.358 e. The van der Waals surface area contributed by atoms with Crippen molar-refractivity contribution in [3.05, 3.63) is 39.9 Å². The highest BCUT2D eigenvalue weighted by Crippen LogP contribution is 2.23. The molecule has 0 radical (unpaired) electrons. The Morgan fingerprint density at radius 1 is 1.30 bits per heavy atom. The van der Waals surface area contributed by atoms with Gasteiger partial charge >= 0.3 is 0 Å². The Kier molecular flexibility index (Phi) is 5.86. The van der Waals surface area contributed by atoms with Gasteiger partial charge in [0.2, 0.25) is 0 Å². The van der Waals surface area contributed by atoms with Crippen LogP contribution < -0.4 is 16.2 Å². The average Bonchev–Trinajstić information content (AvgIpc) is 2.55. The Bertz CT molecular complexity index is 608. The summed E-state index contributed by atoms with van der Waals surface area (Å²) in [6.45, 7) is 2.18. The van der Waals surface area contributed by atoms with Crippen LogP contribution in [0, 0.1) is 16.0 Å². The minimum atomic E-state index is -0.541. The van der Waals surface area contributed by atoms with Crippen molar-refractivity contribution in [1.82, 2.24) is 16.2 Å². The number of nitro groups is 1. The molecule has 124 valence electrons. The summed E-state index contributed by atoms with van der Waals surface area (Å²) in [5, 5.41) is 14.3. The molecule has 1 fully saturated rings. The third-order valence-corrected chi connectivity index (χ3v) is 4.26. The van der Waals surface area contributed by atoms with Gasteiger partial charge in [-0.25, -0.2) is 0 Å². The number of non-ortho nitro benzene ring substituents is 1. The van der Waals surface area contributed by atoms with Crippen LogP contribution in [-0.2, 0) is 0 Å². The van der Waals surface area contributed by atoms with Crippen molar-refractivity contribution in [3.63, 3.8) is 0 Å². The number of benzene rings is 1. The first-order valence-corrected chi connectivity index (χ1v) is 7.99. The molecule has 1 amide bonds. The quantitative estimate of drug-likeness (QED) is 0.445. The predicted octanol–water partition coefficient (Wildman–Crippen LogP) is 2.28. The van der Waals surface area contributed by atoms with Gasteiger partial charge in [0.15, 0.2) is 5.11 Å². The van der Waals surface area contributed by atoms with Crippen molar-refractivity contribution in [2.75, 3.05) is 0 Å². The van der Waals surface area contributed by atoms with Gasteiger partial charge in [-0.05, 0) is 37.0 Å². The second-order valence-corrected chi connectivity index (χ2v) is 6.14. The molecule has 1 saturated carbocycles. The molecule has 2 rings (SSSR count). The molecule has 0 heterocycles. The number of nitrogens with one attached hydrogen (secondary N) is 3. The lowest BCUT2D eigenvalue weighted by molar-refractivity contribution is -0.384. The number of nitrogens with zero attached hydrogens (tertiary/aromatic N) is 1. The summed E-state index contributed by atoms with van der Waals surface area (Å²) in [5.74, 6) is 0.0607. The predicted molar refractivity (Wildman–Crippen MR) is 90.9 cm³/mol. The number of hydrazine groups is 1. The number of thiocarbonyl (C=S) groups is 1. The highest BCUT2D eigenvalue weighted by molar-refractivity contribution is 7.80. The van der Waals surface area contributed by atoms with Crippen molar-refractivity contribution < 1.29 is 9.72 Å². The second kappa shape index (κ2) is 7.87. The molecule has 0 saturated heterocycles. The van der Waals surface area contributed by atoms with Crippen LogP contribution >= 0.6 is 12.2 Å². The summed E-state index contributed by atoms with van der Waals surface area (Å²) in [4.78, 5) is 22.2. The first-order chi connectivity index (χ1) is 11.0. The van der Waals surface area contributed by atoms with Gasteiger partial charge in [-0.3, -0.25) is 25.8 Å². The van der Waals surface area contributed by atoms with Crippen molar-refractivity contribution in [2.24, 2.45) is 5.92 Å². The third-order valence-electron chi connectivity index (χ3n) is 4.04. The second-order valence-electron chi connectivity index (χ2n) is 5.73. The number of amides is 1. The lowest BCUT2D eigenvalue weighted by Crippen LogP contribution is -2.51. The summed E-state index contributed by atoms with van der Waals surface area (Å²) in [6.07, 6.45) is 4.63. The number of nitro benzene ring substituents is 1. The fraction of sp³-hybridized carbons (Fsp3) is 0.467. The van der Waals surface area contributed by atoms with Crippen LogP contribution in [0.15, 0.2) is 24.3 Å². The molecule has 1 aliphatic rings. The van der Waals surface area contributed by atoms with Gasteiger partial charge in [0.25, 0.3) is 11.6 Å². The Labute approximate surface area is 140 Å². The molecule has 3 N–H and O–H groups in total. The van der Waals surface area contributed by atoms with Crippen LogP contribution in [0.2, 0.25) is 0 Å². The smallest absolute Gasteiger partial charge is 0.270 e. The first-order valence-electron chi connectivity index (χ1n) is 7.58.